The number of hydrogen-bond donors (Lipinski definition) is 10. The van der Waals surface area contributed by atoms with Crippen molar-refractivity contribution in [3.8, 4) is 0 Å². The fourth-order valence-electron chi connectivity index (χ4n) is 6.01. The summed E-state index contributed by atoms with van der Waals surface area (Å²) in [5.74, 6) is -1.69. The number of rotatable bonds is 21. The Bertz CT molecular complexity index is 2560. The average Bonchev–Trinajstić information content (AvgIpc) is 3.25. The van der Waals surface area contributed by atoms with E-state index in [-0.39, 0.29) is 27.0 Å². The van der Waals surface area contributed by atoms with Gasteiger partial charge in [0, 0.05) is 25.2 Å². The fraction of sp³-hybridized carbons (Fsp3) is 0.375. The number of hydrogen-bond acceptors (Lipinski definition) is 12. The van der Waals surface area contributed by atoms with Gasteiger partial charge in [0.05, 0.1) is 32.8 Å². The molecule has 0 spiro atoms. The molecule has 390 valence electrons. The third-order valence-corrected chi connectivity index (χ3v) is 12.3. The highest BCUT2D eigenvalue weighted by Gasteiger charge is 2.20. The molecule has 1 amide bonds. The summed E-state index contributed by atoms with van der Waals surface area (Å²) in [6.07, 6.45) is 3.91. The molecule has 0 fully saturated rings. The van der Waals surface area contributed by atoms with Crippen molar-refractivity contribution in [3.05, 3.63) is 125 Å². The van der Waals surface area contributed by atoms with Gasteiger partial charge in [-0.3, -0.25) is 34.3 Å². The summed E-state index contributed by atoms with van der Waals surface area (Å²) in [7, 11) is -12.1. The molecule has 0 saturated carbocycles. The summed E-state index contributed by atoms with van der Waals surface area (Å²) in [6, 6.07) is 23.5. The molecular formula is C48H66N6O14S3. The lowest BCUT2D eigenvalue weighted by molar-refractivity contribution is -0.142. The Labute approximate surface area is 416 Å². The zero-order chi connectivity index (χ0) is 54.0. The van der Waals surface area contributed by atoms with Crippen molar-refractivity contribution in [3.63, 3.8) is 0 Å². The smallest absolute Gasteiger partial charge is 0.328 e. The van der Waals surface area contributed by atoms with Gasteiger partial charge >= 0.3 is 11.9 Å². The number of aliphatic imine (C=N–C) groups is 1. The molecule has 0 saturated heterocycles. The van der Waals surface area contributed by atoms with Crippen LogP contribution >= 0.6 is 0 Å². The summed E-state index contributed by atoms with van der Waals surface area (Å²) >= 11 is 0. The highest BCUT2D eigenvalue weighted by molar-refractivity contribution is 7.86. The Hall–Kier alpha value is -6.37. The maximum atomic E-state index is 12.5. The lowest BCUT2D eigenvalue weighted by Crippen LogP contribution is -2.41. The number of carboxylic acid groups (broad SMARTS) is 2. The van der Waals surface area contributed by atoms with E-state index in [9.17, 15) is 49.9 Å². The van der Waals surface area contributed by atoms with E-state index in [1.54, 1.807) is 63.2 Å². The number of benzene rings is 4. The zero-order valence-corrected chi connectivity index (χ0v) is 43.0. The van der Waals surface area contributed by atoms with Crippen LogP contribution in [-0.2, 0) is 57.6 Å². The summed E-state index contributed by atoms with van der Waals surface area (Å²) in [5, 5.41) is 42.0. The van der Waals surface area contributed by atoms with E-state index in [4.69, 9.17) is 24.5 Å². The zero-order valence-electron chi connectivity index (χ0n) is 40.5. The van der Waals surface area contributed by atoms with Crippen LogP contribution in [0, 0.1) is 31.6 Å². The van der Waals surface area contributed by atoms with Crippen LogP contribution in [0.3, 0.4) is 0 Å². The standard InChI is InChI=1S/C27H42N6O5.3C7H8O3S/c1-18(32-23(26(35)36)11-4-6-13-30-19(2)28)15-21-9-8-10-22(16-21)17-25(34)33-24(27(37)38)12-5-7-14-31-20(3)29;3*1-6-2-4-7(5-3-6)11(8,9)10/h8-10,16,23-24H,4-7,11-15,17H2,1-3H3,(H2,28,30)(H2,29,31)(H,33,34)(H,35,36)(H,37,38);3*2-5H,1H3,(H,8,9,10)/b32-18+;;;. The van der Waals surface area contributed by atoms with Crippen LogP contribution < -0.4 is 16.0 Å². The van der Waals surface area contributed by atoms with Gasteiger partial charge in [-0.25, -0.2) is 9.59 Å². The van der Waals surface area contributed by atoms with Crippen molar-refractivity contribution in [2.75, 3.05) is 13.1 Å². The van der Waals surface area contributed by atoms with Gasteiger partial charge in [-0.15, -0.1) is 0 Å². The number of amidine groups is 2. The number of carboxylic acids is 2. The largest absolute Gasteiger partial charge is 0.480 e. The van der Waals surface area contributed by atoms with Crippen molar-refractivity contribution >= 4 is 65.6 Å². The summed E-state index contributed by atoms with van der Waals surface area (Å²) in [4.78, 5) is 39.9. The number of aryl methyl sites for hydroxylation is 3. The molecule has 0 aromatic heterocycles. The quantitative estimate of drug-likeness (QED) is 0.0184. The maximum absolute atomic E-state index is 12.5. The summed E-state index contributed by atoms with van der Waals surface area (Å²) < 4.78 is 88.7. The van der Waals surface area contributed by atoms with Crippen LogP contribution in [0.25, 0.3) is 0 Å². The molecule has 0 aliphatic carbocycles. The number of amides is 1. The first-order chi connectivity index (χ1) is 33.0. The Morgan fingerprint density at radius 2 is 0.915 bits per heavy atom. The van der Waals surface area contributed by atoms with Crippen molar-refractivity contribution in [1.82, 2.24) is 16.0 Å². The number of aliphatic carboxylic acids is 2. The molecule has 0 heterocycles. The molecule has 71 heavy (non-hydrogen) atoms. The van der Waals surface area contributed by atoms with Crippen molar-refractivity contribution < 1.29 is 63.5 Å². The Morgan fingerprint density at radius 3 is 1.25 bits per heavy atom. The van der Waals surface area contributed by atoms with Gasteiger partial charge in [-0.1, -0.05) is 77.4 Å². The molecule has 0 bridgehead atoms. The second-order valence-corrected chi connectivity index (χ2v) is 20.6. The first-order valence-electron chi connectivity index (χ1n) is 22.0. The van der Waals surface area contributed by atoms with Gasteiger partial charge in [0.1, 0.15) is 12.1 Å². The Kier molecular flexibility index (Phi) is 27.4. The van der Waals surface area contributed by atoms with Crippen molar-refractivity contribution in [2.24, 2.45) is 4.99 Å². The molecule has 0 aliphatic rings. The van der Waals surface area contributed by atoms with E-state index in [0.29, 0.717) is 69.0 Å². The third kappa shape index (κ3) is 28.8. The molecule has 0 radical (unpaired) electrons. The molecular weight excluding hydrogens is 981 g/mol. The molecule has 0 aliphatic heterocycles. The van der Waals surface area contributed by atoms with Crippen LogP contribution in [-0.4, -0.2) is 110 Å². The lowest BCUT2D eigenvalue weighted by atomic mass is 10.0. The Morgan fingerprint density at radius 1 is 0.549 bits per heavy atom. The lowest BCUT2D eigenvalue weighted by Gasteiger charge is -2.15. The molecule has 2 atom stereocenters. The predicted molar refractivity (Wildman–Crippen MR) is 271 cm³/mol. The highest BCUT2D eigenvalue weighted by Crippen LogP contribution is 2.13. The summed E-state index contributed by atoms with van der Waals surface area (Å²) in [5.41, 5.74) is 5.15. The monoisotopic (exact) mass is 1050 g/mol. The minimum atomic E-state index is -4.02. The molecule has 23 heteroatoms. The minimum absolute atomic E-state index is 0.0311. The van der Waals surface area contributed by atoms with Gasteiger partial charge in [-0.05, 0) is 128 Å². The van der Waals surface area contributed by atoms with Crippen molar-refractivity contribution in [2.45, 2.75) is 120 Å². The first kappa shape index (κ1) is 62.6. The van der Waals surface area contributed by atoms with Gasteiger partial charge in [0.25, 0.3) is 30.4 Å². The third-order valence-electron chi connectivity index (χ3n) is 9.67. The van der Waals surface area contributed by atoms with Gasteiger partial charge < -0.3 is 26.2 Å². The average molecular weight is 1050 g/mol. The van der Waals surface area contributed by atoms with Crippen LogP contribution in [0.2, 0.25) is 0 Å². The molecule has 10 N–H and O–H groups in total. The molecule has 4 aromatic carbocycles. The molecule has 4 rings (SSSR count). The molecule has 4 aromatic rings. The van der Waals surface area contributed by atoms with E-state index in [1.165, 1.54) is 36.4 Å². The van der Waals surface area contributed by atoms with Crippen LogP contribution in [0.5, 0.6) is 0 Å². The highest BCUT2D eigenvalue weighted by atomic mass is 32.2. The Balaban J connectivity index is 0.000000604. The molecule has 2 unspecified atom stereocenters. The van der Waals surface area contributed by atoms with Gasteiger partial charge in [0.15, 0.2) is 0 Å². The van der Waals surface area contributed by atoms with Crippen molar-refractivity contribution in [1.29, 1.82) is 10.8 Å². The fourth-order valence-corrected chi connectivity index (χ4v) is 7.45. The van der Waals surface area contributed by atoms with E-state index in [1.807, 2.05) is 39.0 Å². The van der Waals surface area contributed by atoms with Crippen LogP contribution in [0.1, 0.15) is 87.1 Å². The predicted octanol–water partition coefficient (Wildman–Crippen LogP) is 6.49. The minimum Gasteiger partial charge on any atom is -0.480 e. The normalized spacial score (nSPS) is 12.2. The number of nitrogens with zero attached hydrogens (tertiary/aromatic N) is 1. The van der Waals surface area contributed by atoms with Crippen LogP contribution in [0.4, 0.5) is 0 Å². The molecule has 20 nitrogen and oxygen atoms in total. The van der Waals surface area contributed by atoms with E-state index >= 15 is 0 Å². The van der Waals surface area contributed by atoms with E-state index < -0.39 is 54.4 Å². The SMILES string of the molecule is CC(=N)NCCCCC(/N=C(\C)Cc1cccc(CC(=O)NC(CCCCNC(C)=N)C(=O)O)c1)C(=O)O.Cc1ccc(S(=O)(=O)O)cc1.Cc1ccc(S(=O)(=O)O)cc1.Cc1ccc(S(=O)(=O)O)cc1. The second-order valence-electron chi connectivity index (χ2n) is 16.3. The number of nitrogens with one attached hydrogen (secondary N) is 5. The van der Waals surface area contributed by atoms with E-state index in [0.717, 1.165) is 34.2 Å². The first-order valence-corrected chi connectivity index (χ1v) is 26.4. The number of carbonyl (C=O) groups is 3. The van der Waals surface area contributed by atoms with Crippen LogP contribution in [0.15, 0.2) is 117 Å². The summed E-state index contributed by atoms with van der Waals surface area (Å²) in [6.45, 7) is 11.8. The second kappa shape index (κ2) is 31.1. The maximum Gasteiger partial charge on any atom is 0.328 e. The topological polar surface area (TPSA) is 351 Å². The van der Waals surface area contributed by atoms with Gasteiger partial charge in [0.2, 0.25) is 5.91 Å². The number of carbonyl (C=O) groups excluding carboxylic acids is 1. The van der Waals surface area contributed by atoms with Gasteiger partial charge in [-0.2, -0.15) is 25.3 Å². The number of unbranched alkanes of at least 4 members (excludes halogenated alkanes) is 2. The van der Waals surface area contributed by atoms with E-state index in [2.05, 4.69) is 20.9 Å².